The van der Waals surface area contributed by atoms with Gasteiger partial charge < -0.3 is 14.8 Å². The van der Waals surface area contributed by atoms with Crippen molar-refractivity contribution >= 4 is 22.5 Å². The zero-order chi connectivity index (χ0) is 19.7. The fourth-order valence-corrected chi connectivity index (χ4v) is 3.13. The molecule has 0 bridgehead atoms. The Hall–Kier alpha value is -3.62. The van der Waals surface area contributed by atoms with Crippen molar-refractivity contribution in [1.29, 1.82) is 0 Å². The summed E-state index contributed by atoms with van der Waals surface area (Å²) in [5.74, 6) is 1.10. The van der Waals surface area contributed by atoms with Gasteiger partial charge in [0.05, 0.1) is 22.7 Å². The molecule has 0 saturated carbocycles. The highest BCUT2D eigenvalue weighted by Crippen LogP contribution is 2.32. The van der Waals surface area contributed by atoms with Crippen LogP contribution in [0.1, 0.15) is 18.5 Å². The van der Waals surface area contributed by atoms with Crippen molar-refractivity contribution in [1.82, 2.24) is 15.1 Å². The molecule has 1 atom stereocenters. The molecule has 1 aliphatic rings. The minimum absolute atomic E-state index is 0.0421. The van der Waals surface area contributed by atoms with E-state index >= 15 is 0 Å². The summed E-state index contributed by atoms with van der Waals surface area (Å²) in [7, 11) is 0. The molecule has 1 unspecified atom stereocenters. The van der Waals surface area contributed by atoms with Crippen LogP contribution < -0.4 is 14.8 Å². The molecule has 9 heteroatoms. The maximum atomic E-state index is 12.5. The number of carbonyl (C=O) groups excluding carboxylic acids is 1. The van der Waals surface area contributed by atoms with Crippen molar-refractivity contribution in [3.8, 4) is 11.5 Å². The maximum absolute atomic E-state index is 12.5. The summed E-state index contributed by atoms with van der Waals surface area (Å²) in [6.07, 6.45) is 1.58. The predicted octanol–water partition coefficient (Wildman–Crippen LogP) is 2.59. The number of nitrogens with one attached hydrogen (secondary N) is 1. The largest absolute Gasteiger partial charge is 0.486 e. The fraction of sp³-hybridized carbons (Fsp3) is 0.263. The number of ether oxygens (including phenoxy) is 2. The van der Waals surface area contributed by atoms with Gasteiger partial charge in [0.2, 0.25) is 5.91 Å². The van der Waals surface area contributed by atoms with Gasteiger partial charge >= 0.3 is 0 Å². The molecular formula is C19H18N4O5. The van der Waals surface area contributed by atoms with Crippen LogP contribution >= 0.6 is 0 Å². The number of nitro benzene ring substituents is 1. The highest BCUT2D eigenvalue weighted by Gasteiger charge is 2.17. The van der Waals surface area contributed by atoms with E-state index in [0.29, 0.717) is 30.2 Å². The molecule has 2 aromatic carbocycles. The Bertz CT molecular complexity index is 1060. The molecule has 4 rings (SSSR count). The van der Waals surface area contributed by atoms with Gasteiger partial charge in [0.15, 0.2) is 11.5 Å². The average Bonchev–Trinajstić information content (AvgIpc) is 3.09. The Balaban J connectivity index is 1.47. The zero-order valence-electron chi connectivity index (χ0n) is 15.1. The summed E-state index contributed by atoms with van der Waals surface area (Å²) in [5, 5.41) is 18.8. The molecule has 1 amide bonds. The number of rotatable bonds is 5. The number of amides is 1. The number of hydrogen-bond acceptors (Lipinski definition) is 6. The van der Waals surface area contributed by atoms with Crippen LogP contribution in [0.25, 0.3) is 10.9 Å². The molecule has 0 aliphatic carbocycles. The molecule has 0 saturated heterocycles. The predicted molar refractivity (Wildman–Crippen MR) is 100 cm³/mol. The van der Waals surface area contributed by atoms with E-state index in [1.807, 2.05) is 25.1 Å². The van der Waals surface area contributed by atoms with Crippen LogP contribution in [-0.4, -0.2) is 33.8 Å². The van der Waals surface area contributed by atoms with Crippen molar-refractivity contribution in [3.63, 3.8) is 0 Å². The summed E-state index contributed by atoms with van der Waals surface area (Å²) >= 11 is 0. The summed E-state index contributed by atoms with van der Waals surface area (Å²) in [6, 6.07) is 9.76. The van der Waals surface area contributed by atoms with Crippen molar-refractivity contribution in [2.75, 3.05) is 13.2 Å². The van der Waals surface area contributed by atoms with Gasteiger partial charge in [0.1, 0.15) is 19.8 Å². The van der Waals surface area contributed by atoms with E-state index in [1.54, 1.807) is 12.3 Å². The standard InChI is InChI=1S/C19H18N4O5/c1-12(13-3-5-17-18(8-13)28-7-6-27-17)21-19(24)11-22-16-9-15(23(25)26)4-2-14(16)10-20-22/h2-5,8-10,12H,6-7,11H2,1H3,(H,21,24). The lowest BCUT2D eigenvalue weighted by atomic mass is 10.1. The molecule has 144 valence electrons. The Morgan fingerprint density at radius 2 is 2.04 bits per heavy atom. The molecule has 9 nitrogen and oxygen atoms in total. The van der Waals surface area contributed by atoms with Crippen LogP contribution in [0, 0.1) is 10.1 Å². The van der Waals surface area contributed by atoms with Crippen LogP contribution in [0.3, 0.4) is 0 Å². The van der Waals surface area contributed by atoms with E-state index in [2.05, 4.69) is 10.4 Å². The third kappa shape index (κ3) is 3.46. The van der Waals surface area contributed by atoms with Gasteiger partial charge in [-0.2, -0.15) is 5.10 Å². The van der Waals surface area contributed by atoms with E-state index < -0.39 is 4.92 Å². The maximum Gasteiger partial charge on any atom is 0.271 e. The second kappa shape index (κ2) is 7.18. The van der Waals surface area contributed by atoms with Crippen LogP contribution in [-0.2, 0) is 11.3 Å². The summed E-state index contributed by atoms with van der Waals surface area (Å²) in [6.45, 7) is 2.85. The molecule has 3 aromatic rings. The second-order valence-corrected chi connectivity index (χ2v) is 6.49. The number of hydrogen-bond donors (Lipinski definition) is 1. The van der Waals surface area contributed by atoms with Gasteiger partial charge in [0.25, 0.3) is 5.69 Å². The van der Waals surface area contributed by atoms with E-state index in [1.165, 1.54) is 16.8 Å². The van der Waals surface area contributed by atoms with Gasteiger partial charge in [-0.05, 0) is 30.7 Å². The number of aromatic nitrogens is 2. The van der Waals surface area contributed by atoms with E-state index in [-0.39, 0.29) is 24.2 Å². The molecule has 2 heterocycles. The van der Waals surface area contributed by atoms with Gasteiger partial charge in [-0.1, -0.05) is 6.07 Å². The second-order valence-electron chi connectivity index (χ2n) is 6.49. The highest BCUT2D eigenvalue weighted by molar-refractivity contribution is 5.83. The van der Waals surface area contributed by atoms with Crippen LogP contribution in [0.5, 0.6) is 11.5 Å². The van der Waals surface area contributed by atoms with Gasteiger partial charge in [-0.3, -0.25) is 19.6 Å². The molecular weight excluding hydrogens is 364 g/mol. The summed E-state index contributed by atoms with van der Waals surface area (Å²) in [5.41, 5.74) is 1.38. The van der Waals surface area contributed by atoms with Gasteiger partial charge in [0, 0.05) is 17.5 Å². The van der Waals surface area contributed by atoms with Crippen molar-refractivity contribution in [3.05, 3.63) is 58.3 Å². The van der Waals surface area contributed by atoms with Crippen molar-refractivity contribution in [2.45, 2.75) is 19.5 Å². The lowest BCUT2D eigenvalue weighted by Gasteiger charge is -2.21. The fourth-order valence-electron chi connectivity index (χ4n) is 3.13. The molecule has 1 N–H and O–H groups in total. The van der Waals surface area contributed by atoms with Crippen LogP contribution in [0.4, 0.5) is 5.69 Å². The van der Waals surface area contributed by atoms with E-state index in [9.17, 15) is 14.9 Å². The average molecular weight is 382 g/mol. The van der Waals surface area contributed by atoms with Crippen LogP contribution in [0.2, 0.25) is 0 Å². The first-order valence-electron chi connectivity index (χ1n) is 8.80. The third-order valence-corrected chi connectivity index (χ3v) is 4.58. The van der Waals surface area contributed by atoms with Gasteiger partial charge in [-0.25, -0.2) is 0 Å². The SMILES string of the molecule is CC(NC(=O)Cn1ncc2ccc([N+](=O)[O-])cc21)c1ccc2c(c1)OCCO2. The molecule has 28 heavy (non-hydrogen) atoms. The Morgan fingerprint density at radius 1 is 1.25 bits per heavy atom. The topological polar surface area (TPSA) is 109 Å². The number of benzene rings is 2. The monoisotopic (exact) mass is 382 g/mol. The zero-order valence-corrected chi connectivity index (χ0v) is 15.1. The Kier molecular flexibility index (Phi) is 4.56. The lowest BCUT2D eigenvalue weighted by molar-refractivity contribution is -0.384. The first-order chi connectivity index (χ1) is 13.5. The Morgan fingerprint density at radius 3 is 2.82 bits per heavy atom. The van der Waals surface area contributed by atoms with Crippen LogP contribution in [0.15, 0.2) is 42.6 Å². The number of nitro groups is 1. The normalized spacial score (nSPS) is 13.9. The molecule has 1 aromatic heterocycles. The van der Waals surface area contributed by atoms with Crippen molar-refractivity contribution < 1.29 is 19.2 Å². The first kappa shape index (κ1) is 17.8. The Labute approximate surface area is 160 Å². The quantitative estimate of drug-likeness (QED) is 0.537. The number of carbonyl (C=O) groups is 1. The molecule has 0 fully saturated rings. The smallest absolute Gasteiger partial charge is 0.271 e. The number of nitrogens with zero attached hydrogens (tertiary/aromatic N) is 3. The minimum Gasteiger partial charge on any atom is -0.486 e. The highest BCUT2D eigenvalue weighted by atomic mass is 16.6. The third-order valence-electron chi connectivity index (χ3n) is 4.58. The van der Waals surface area contributed by atoms with E-state index in [0.717, 1.165) is 10.9 Å². The summed E-state index contributed by atoms with van der Waals surface area (Å²) < 4.78 is 12.5. The van der Waals surface area contributed by atoms with Gasteiger partial charge in [-0.15, -0.1) is 0 Å². The number of fused-ring (bicyclic) bond motifs is 2. The minimum atomic E-state index is -0.471. The first-order valence-corrected chi connectivity index (χ1v) is 8.80. The molecule has 1 aliphatic heterocycles. The lowest BCUT2D eigenvalue weighted by Crippen LogP contribution is -2.30. The summed E-state index contributed by atoms with van der Waals surface area (Å²) in [4.78, 5) is 23.0. The molecule has 0 radical (unpaired) electrons. The number of non-ortho nitro benzene ring substituents is 1. The van der Waals surface area contributed by atoms with E-state index in [4.69, 9.17) is 9.47 Å². The molecule has 0 spiro atoms. The van der Waals surface area contributed by atoms with Crippen molar-refractivity contribution in [2.24, 2.45) is 0 Å².